The first-order valence-corrected chi connectivity index (χ1v) is 15.2. The zero-order chi connectivity index (χ0) is 36.2. The summed E-state index contributed by atoms with van der Waals surface area (Å²) in [5.41, 5.74) is -0.268. The highest BCUT2D eigenvalue weighted by molar-refractivity contribution is 5.73. The van der Waals surface area contributed by atoms with Crippen LogP contribution in [0.25, 0.3) is 0 Å². The van der Waals surface area contributed by atoms with E-state index in [2.05, 4.69) is 10.6 Å². The Morgan fingerprint density at radius 1 is 0.735 bits per heavy atom. The van der Waals surface area contributed by atoms with E-state index < -0.39 is 129 Å². The molecule has 3 aliphatic heterocycles. The number of benzene rings is 1. The summed E-state index contributed by atoms with van der Waals surface area (Å²) >= 11 is 0. The Labute approximate surface area is 278 Å². The fraction of sp³-hybridized carbons (Fsp3) is 0.714. The number of nitrogens with one attached hydrogen (secondary N) is 2. The van der Waals surface area contributed by atoms with Crippen molar-refractivity contribution in [2.75, 3.05) is 19.8 Å². The number of carbonyl (C=O) groups is 2. The number of hydrogen-bond donors (Lipinski definition) is 10. The van der Waals surface area contributed by atoms with Gasteiger partial charge in [-0.3, -0.25) is 19.7 Å². The van der Waals surface area contributed by atoms with E-state index in [1.165, 1.54) is 12.1 Å². The van der Waals surface area contributed by atoms with Gasteiger partial charge in [0.15, 0.2) is 12.6 Å². The summed E-state index contributed by atoms with van der Waals surface area (Å²) in [6, 6.07) is 1.92. The first-order valence-electron chi connectivity index (χ1n) is 15.2. The van der Waals surface area contributed by atoms with Crippen molar-refractivity contribution in [3.05, 3.63) is 34.4 Å². The summed E-state index contributed by atoms with van der Waals surface area (Å²) in [6.07, 6.45) is -21.4. The molecule has 0 unspecified atom stereocenters. The van der Waals surface area contributed by atoms with Gasteiger partial charge in [-0.05, 0) is 12.1 Å². The number of hydrogen-bond acceptors (Lipinski definition) is 18. The summed E-state index contributed by atoms with van der Waals surface area (Å²) < 4.78 is 34.5. The van der Waals surface area contributed by atoms with Crippen molar-refractivity contribution < 1.29 is 83.8 Å². The number of nitrogens with zero attached hydrogens (tertiary/aromatic N) is 1. The normalized spacial score (nSPS) is 39.5. The second-order valence-electron chi connectivity index (χ2n) is 11.7. The van der Waals surface area contributed by atoms with E-state index in [0.29, 0.717) is 0 Å². The fourth-order valence-corrected chi connectivity index (χ4v) is 5.62. The van der Waals surface area contributed by atoms with Gasteiger partial charge in [-0.15, -0.1) is 0 Å². The van der Waals surface area contributed by atoms with E-state index in [1.54, 1.807) is 0 Å². The molecule has 2 amide bonds. The molecule has 0 saturated carbocycles. The lowest BCUT2D eigenvalue weighted by Gasteiger charge is -2.48. The summed E-state index contributed by atoms with van der Waals surface area (Å²) in [6.45, 7) is 0.0715. The number of nitro groups is 1. The zero-order valence-corrected chi connectivity index (χ0v) is 26.2. The van der Waals surface area contributed by atoms with E-state index in [9.17, 15) is 60.6 Å². The van der Waals surface area contributed by atoms with Gasteiger partial charge in [-0.2, -0.15) is 0 Å². The predicted octanol–water partition coefficient (Wildman–Crippen LogP) is -5.29. The SMILES string of the molecule is CC(=O)N[C@H]1[C@@H](OC[C@@H]2O[C@H](Oc3ccc([N+](=O)[O-])cc3)[C@H](NC(C)=O)[C@@H](O[C@H]3O[C@@H](CO)[C@H](O)[C@@H](O)[C@@H]3O)[C@@H]2O)O[C@@H](CO)[C@H](O)[C@@H]1O. The van der Waals surface area contributed by atoms with Crippen molar-refractivity contribution in [1.29, 1.82) is 0 Å². The monoisotopic (exact) mass is 707 g/mol. The molecule has 3 heterocycles. The summed E-state index contributed by atoms with van der Waals surface area (Å²) in [4.78, 5) is 34.7. The molecule has 276 valence electrons. The molecule has 10 N–H and O–H groups in total. The average Bonchev–Trinajstić information content (AvgIpc) is 3.06. The predicted molar refractivity (Wildman–Crippen MR) is 156 cm³/mol. The van der Waals surface area contributed by atoms with Gasteiger partial charge in [-0.25, -0.2) is 0 Å². The number of aliphatic hydroxyl groups is 8. The van der Waals surface area contributed by atoms with Crippen LogP contribution in [0.15, 0.2) is 24.3 Å². The Morgan fingerprint density at radius 2 is 1.27 bits per heavy atom. The van der Waals surface area contributed by atoms with Gasteiger partial charge >= 0.3 is 0 Å². The van der Waals surface area contributed by atoms with E-state index >= 15 is 0 Å². The number of carbonyl (C=O) groups excluding carboxylic acids is 2. The lowest BCUT2D eigenvalue weighted by Crippen LogP contribution is -2.69. The van der Waals surface area contributed by atoms with Crippen LogP contribution < -0.4 is 15.4 Å². The molecule has 1 aromatic rings. The average molecular weight is 708 g/mol. The number of ether oxygens (including phenoxy) is 6. The summed E-state index contributed by atoms with van der Waals surface area (Å²) in [5.74, 6) is -1.31. The highest BCUT2D eigenvalue weighted by atomic mass is 16.7. The molecule has 3 fully saturated rings. The standard InChI is InChI=1S/C28H41N3O18/c1-10(34)29-17-22(39)19(36)14(7-32)46-26(17)44-9-16-21(38)25(49-28-24(41)23(40)20(37)15(8-33)47-28)18(30-11(2)35)27(48-16)45-13-5-3-12(4-6-13)31(42)43/h3-6,14-28,32-33,36-41H,7-9H2,1-2H3,(H,29,34)(H,30,35)/t14-,15-,16-,17+,18+,19-,20-,21+,22+,23+,24-,25+,26-,27-,28+/m0/s1. The van der Waals surface area contributed by atoms with Crippen molar-refractivity contribution in [3.63, 3.8) is 0 Å². The van der Waals surface area contributed by atoms with Crippen LogP contribution in [-0.2, 0) is 33.3 Å². The highest BCUT2D eigenvalue weighted by Crippen LogP contribution is 2.32. The summed E-state index contributed by atoms with van der Waals surface area (Å²) in [5, 5.41) is 98.9. The lowest BCUT2D eigenvalue weighted by atomic mass is 9.95. The first kappa shape index (κ1) is 38.6. The van der Waals surface area contributed by atoms with Crippen LogP contribution in [0.5, 0.6) is 5.75 Å². The highest BCUT2D eigenvalue weighted by Gasteiger charge is 2.53. The third kappa shape index (κ3) is 8.96. The molecular weight excluding hydrogens is 666 g/mol. The maximum Gasteiger partial charge on any atom is 0.269 e. The molecule has 3 aliphatic rings. The first-order chi connectivity index (χ1) is 23.2. The van der Waals surface area contributed by atoms with Gasteiger partial charge in [-0.1, -0.05) is 0 Å². The van der Waals surface area contributed by atoms with Crippen LogP contribution in [0.3, 0.4) is 0 Å². The molecule has 1 aromatic carbocycles. The van der Waals surface area contributed by atoms with Gasteiger partial charge in [0, 0.05) is 26.0 Å². The van der Waals surface area contributed by atoms with Crippen molar-refractivity contribution in [2.45, 2.75) is 106 Å². The maximum atomic E-state index is 12.3. The molecule has 0 spiro atoms. The molecule has 4 rings (SSSR count). The lowest BCUT2D eigenvalue weighted by molar-refractivity contribution is -0.384. The molecule has 49 heavy (non-hydrogen) atoms. The minimum atomic E-state index is -1.92. The smallest absolute Gasteiger partial charge is 0.269 e. The van der Waals surface area contributed by atoms with Crippen molar-refractivity contribution in [2.24, 2.45) is 0 Å². The number of aliphatic hydroxyl groups excluding tert-OH is 8. The van der Waals surface area contributed by atoms with Crippen LogP contribution in [0.4, 0.5) is 5.69 Å². The number of non-ortho nitro benzene ring substituents is 1. The topological polar surface area (TPSA) is 319 Å². The number of rotatable bonds is 12. The van der Waals surface area contributed by atoms with E-state index in [0.717, 1.165) is 26.0 Å². The van der Waals surface area contributed by atoms with Gasteiger partial charge in [0.1, 0.15) is 78.9 Å². The Hall–Kier alpha value is -3.16. The number of nitro benzene ring substituents is 1. The minimum Gasteiger partial charge on any atom is -0.463 e. The molecule has 0 aromatic heterocycles. The molecule has 21 nitrogen and oxygen atoms in total. The Morgan fingerprint density at radius 3 is 1.82 bits per heavy atom. The second kappa shape index (κ2) is 16.7. The molecule has 0 aliphatic carbocycles. The van der Waals surface area contributed by atoms with Crippen molar-refractivity contribution in [3.8, 4) is 5.75 Å². The summed E-state index contributed by atoms with van der Waals surface area (Å²) in [7, 11) is 0. The molecule has 0 bridgehead atoms. The van der Waals surface area contributed by atoms with Gasteiger partial charge in [0.05, 0.1) is 24.7 Å². The fourth-order valence-electron chi connectivity index (χ4n) is 5.62. The second-order valence-corrected chi connectivity index (χ2v) is 11.7. The van der Waals surface area contributed by atoms with E-state index in [-0.39, 0.29) is 11.4 Å². The van der Waals surface area contributed by atoms with Gasteiger partial charge < -0.3 is 79.9 Å². The van der Waals surface area contributed by atoms with Crippen LogP contribution >= 0.6 is 0 Å². The van der Waals surface area contributed by atoms with Crippen molar-refractivity contribution in [1.82, 2.24) is 10.6 Å². The molecule has 3 saturated heterocycles. The van der Waals surface area contributed by atoms with Crippen LogP contribution in [-0.4, -0.2) is 169 Å². The minimum absolute atomic E-state index is 0.00201. The maximum absolute atomic E-state index is 12.3. The Kier molecular flexibility index (Phi) is 13.2. The molecule has 0 radical (unpaired) electrons. The van der Waals surface area contributed by atoms with Crippen molar-refractivity contribution >= 4 is 17.5 Å². The largest absolute Gasteiger partial charge is 0.463 e. The van der Waals surface area contributed by atoms with Crippen LogP contribution in [0.2, 0.25) is 0 Å². The van der Waals surface area contributed by atoms with E-state index in [1.807, 2.05) is 0 Å². The zero-order valence-electron chi connectivity index (χ0n) is 26.2. The van der Waals surface area contributed by atoms with Gasteiger partial charge in [0.2, 0.25) is 18.1 Å². The Bertz CT molecular complexity index is 1270. The molecule has 21 heteroatoms. The van der Waals surface area contributed by atoms with Crippen LogP contribution in [0.1, 0.15) is 13.8 Å². The third-order valence-corrected chi connectivity index (χ3v) is 8.16. The molecule has 15 atom stereocenters. The molecular formula is C28H41N3O18. The number of amides is 2. The van der Waals surface area contributed by atoms with Gasteiger partial charge in [0.25, 0.3) is 5.69 Å². The quantitative estimate of drug-likeness (QED) is 0.0716. The Balaban J connectivity index is 1.65. The third-order valence-electron chi connectivity index (χ3n) is 8.16. The van der Waals surface area contributed by atoms with Crippen LogP contribution in [0, 0.1) is 10.1 Å². The van der Waals surface area contributed by atoms with E-state index in [4.69, 9.17) is 28.4 Å².